The number of piperidine rings is 1. The maximum absolute atomic E-state index is 13.1. The molecule has 0 radical (unpaired) electrons. The minimum Gasteiger partial charge on any atom is -0.339 e. The molecule has 1 saturated heterocycles. The van der Waals surface area contributed by atoms with Crippen molar-refractivity contribution in [1.82, 2.24) is 14.4 Å². The van der Waals surface area contributed by atoms with E-state index >= 15 is 0 Å². The van der Waals surface area contributed by atoms with Gasteiger partial charge >= 0.3 is 0 Å². The van der Waals surface area contributed by atoms with Crippen molar-refractivity contribution in [2.24, 2.45) is 0 Å². The lowest BCUT2D eigenvalue weighted by Gasteiger charge is -2.30. The maximum Gasteiger partial charge on any atom is 0.290 e. The van der Waals surface area contributed by atoms with E-state index in [4.69, 9.17) is 16.1 Å². The number of nitrogens with zero attached hydrogens (tertiary/aromatic N) is 4. The predicted octanol–water partition coefficient (Wildman–Crippen LogP) is 4.01. The van der Waals surface area contributed by atoms with Crippen LogP contribution in [-0.2, 0) is 10.0 Å². The third-order valence-corrected chi connectivity index (χ3v) is 7.16. The first-order valence-corrected chi connectivity index (χ1v) is 11.1. The van der Waals surface area contributed by atoms with Crippen molar-refractivity contribution < 1.29 is 22.3 Å². The first-order valence-electron chi connectivity index (χ1n) is 9.29. The summed E-state index contributed by atoms with van der Waals surface area (Å²) in [5.41, 5.74) is -0.0144. The van der Waals surface area contributed by atoms with Crippen molar-refractivity contribution in [3.8, 4) is 11.4 Å². The molecule has 1 unspecified atom stereocenters. The van der Waals surface area contributed by atoms with Gasteiger partial charge in [0.05, 0.1) is 10.8 Å². The van der Waals surface area contributed by atoms with Crippen molar-refractivity contribution in [3.05, 3.63) is 69.3 Å². The molecule has 0 bridgehead atoms. The highest BCUT2D eigenvalue weighted by atomic mass is 35.5. The van der Waals surface area contributed by atoms with E-state index in [1.165, 1.54) is 34.6 Å². The Hall–Kier alpha value is -2.89. The van der Waals surface area contributed by atoms with Crippen LogP contribution in [0.1, 0.15) is 24.7 Å². The minimum absolute atomic E-state index is 0.0349. The molecule has 2 aromatic carbocycles. The van der Waals surface area contributed by atoms with Gasteiger partial charge in [-0.2, -0.15) is 9.29 Å². The van der Waals surface area contributed by atoms with Crippen LogP contribution >= 0.6 is 11.6 Å². The first-order chi connectivity index (χ1) is 14.8. The third-order valence-electron chi connectivity index (χ3n) is 5.01. The summed E-state index contributed by atoms with van der Waals surface area (Å²) < 4.78 is 45.9. The van der Waals surface area contributed by atoms with Crippen LogP contribution in [-0.4, -0.2) is 40.9 Å². The van der Waals surface area contributed by atoms with Gasteiger partial charge < -0.3 is 4.52 Å². The number of nitro benzene ring substituents is 1. The third kappa shape index (κ3) is 4.29. The molecule has 3 aromatic rings. The number of aromatic nitrogens is 2. The second-order valence-corrected chi connectivity index (χ2v) is 9.38. The van der Waals surface area contributed by atoms with Gasteiger partial charge in [-0.15, -0.1) is 0 Å². The number of benzene rings is 2. The normalized spacial score (nSPS) is 17.5. The Balaban J connectivity index is 1.59. The second kappa shape index (κ2) is 8.33. The van der Waals surface area contributed by atoms with Crippen molar-refractivity contribution in [2.45, 2.75) is 23.7 Å². The van der Waals surface area contributed by atoms with E-state index in [1.807, 2.05) is 0 Å². The molecule has 1 aromatic heterocycles. The molecule has 0 aliphatic carbocycles. The monoisotopic (exact) mass is 466 g/mol. The Morgan fingerprint density at radius 3 is 2.68 bits per heavy atom. The van der Waals surface area contributed by atoms with Gasteiger partial charge in [0.1, 0.15) is 5.82 Å². The molecule has 0 amide bonds. The number of rotatable bonds is 5. The van der Waals surface area contributed by atoms with Crippen LogP contribution in [0.3, 0.4) is 0 Å². The zero-order valence-corrected chi connectivity index (χ0v) is 17.5. The molecular formula is C19H16ClFN4O5S. The van der Waals surface area contributed by atoms with Crippen molar-refractivity contribution in [3.63, 3.8) is 0 Å². The van der Waals surface area contributed by atoms with Crippen molar-refractivity contribution in [2.75, 3.05) is 13.1 Å². The summed E-state index contributed by atoms with van der Waals surface area (Å²) in [6.45, 7) is 0.241. The lowest BCUT2D eigenvalue weighted by Crippen LogP contribution is -2.39. The molecule has 12 heteroatoms. The molecule has 0 spiro atoms. The highest BCUT2D eigenvalue weighted by Crippen LogP contribution is 2.34. The zero-order valence-electron chi connectivity index (χ0n) is 15.9. The van der Waals surface area contributed by atoms with E-state index in [2.05, 4.69) is 10.1 Å². The Morgan fingerprint density at radius 2 is 1.97 bits per heavy atom. The molecule has 1 fully saturated rings. The Labute approximate surface area is 181 Å². The van der Waals surface area contributed by atoms with Gasteiger partial charge in [-0.3, -0.25) is 10.1 Å². The van der Waals surface area contributed by atoms with Crippen LogP contribution < -0.4 is 0 Å². The molecule has 31 heavy (non-hydrogen) atoms. The average Bonchev–Trinajstić information content (AvgIpc) is 3.24. The van der Waals surface area contributed by atoms with Crippen LogP contribution in [0.4, 0.5) is 10.1 Å². The van der Waals surface area contributed by atoms with Gasteiger partial charge in [-0.25, -0.2) is 12.8 Å². The molecular weight excluding hydrogens is 451 g/mol. The van der Waals surface area contributed by atoms with Gasteiger partial charge in [-0.05, 0) is 49.2 Å². The van der Waals surface area contributed by atoms with Crippen LogP contribution in [0, 0.1) is 15.9 Å². The van der Waals surface area contributed by atoms with E-state index in [1.54, 1.807) is 0 Å². The van der Waals surface area contributed by atoms with Crippen LogP contribution in [0.5, 0.6) is 0 Å². The molecule has 2 heterocycles. The number of sulfonamides is 1. The van der Waals surface area contributed by atoms with Crippen molar-refractivity contribution in [1.29, 1.82) is 0 Å². The molecule has 162 valence electrons. The Bertz CT molecular complexity index is 1230. The summed E-state index contributed by atoms with van der Waals surface area (Å²) in [7, 11) is -4.14. The van der Waals surface area contributed by atoms with Crippen LogP contribution in [0.15, 0.2) is 51.9 Å². The van der Waals surface area contributed by atoms with Crippen LogP contribution in [0.25, 0.3) is 11.4 Å². The number of nitro groups is 1. The van der Waals surface area contributed by atoms with E-state index < -0.39 is 31.3 Å². The smallest absolute Gasteiger partial charge is 0.290 e. The molecule has 1 atom stereocenters. The largest absolute Gasteiger partial charge is 0.339 e. The summed E-state index contributed by atoms with van der Waals surface area (Å²) >= 11 is 5.80. The molecule has 0 saturated carbocycles. The second-order valence-electron chi connectivity index (χ2n) is 7.03. The fraction of sp³-hybridized carbons (Fsp3) is 0.263. The quantitative estimate of drug-likeness (QED) is 0.411. The zero-order chi connectivity index (χ0) is 22.2. The van der Waals surface area contributed by atoms with Gasteiger partial charge in [0.2, 0.25) is 21.7 Å². The number of halogens is 2. The molecule has 1 aliphatic heterocycles. The van der Waals surface area contributed by atoms with E-state index in [-0.39, 0.29) is 35.7 Å². The summed E-state index contributed by atoms with van der Waals surface area (Å²) in [5.74, 6) is -0.248. The summed E-state index contributed by atoms with van der Waals surface area (Å²) in [6, 6.07) is 9.04. The topological polar surface area (TPSA) is 119 Å². The fourth-order valence-electron chi connectivity index (χ4n) is 3.47. The highest BCUT2D eigenvalue weighted by Gasteiger charge is 2.37. The number of hydrogen-bond acceptors (Lipinski definition) is 7. The molecule has 9 nitrogen and oxygen atoms in total. The SMILES string of the molecule is O=[N+]([O-])c1cc(Cl)ccc1S(=O)(=O)N1CCCC(c2nc(-c3ccc(F)cc3)no2)C1. The first kappa shape index (κ1) is 21.3. The van der Waals surface area contributed by atoms with Crippen LogP contribution in [0.2, 0.25) is 5.02 Å². The molecule has 1 aliphatic rings. The Kier molecular flexibility index (Phi) is 5.73. The fourth-order valence-corrected chi connectivity index (χ4v) is 5.30. The van der Waals surface area contributed by atoms with Gasteiger partial charge in [0.15, 0.2) is 4.90 Å². The van der Waals surface area contributed by atoms with E-state index in [0.29, 0.717) is 18.4 Å². The van der Waals surface area contributed by atoms with Gasteiger partial charge in [0, 0.05) is 29.7 Å². The minimum atomic E-state index is -4.14. The highest BCUT2D eigenvalue weighted by molar-refractivity contribution is 7.89. The summed E-state index contributed by atoms with van der Waals surface area (Å²) in [6.07, 6.45) is 1.12. The van der Waals surface area contributed by atoms with E-state index in [0.717, 1.165) is 12.1 Å². The average molecular weight is 467 g/mol. The lowest BCUT2D eigenvalue weighted by molar-refractivity contribution is -0.387. The number of hydrogen-bond donors (Lipinski definition) is 0. The van der Waals surface area contributed by atoms with Gasteiger partial charge in [0.25, 0.3) is 5.69 Å². The maximum atomic E-state index is 13.1. The predicted molar refractivity (Wildman–Crippen MR) is 109 cm³/mol. The standard InChI is InChI=1S/C19H16ClFN4O5S/c20-14-5-8-17(16(10-14)25(26)27)31(28,29)24-9-1-2-13(11-24)19-22-18(23-30-19)12-3-6-15(21)7-4-12/h3-8,10,13H,1-2,9,11H2. The van der Waals surface area contributed by atoms with Gasteiger partial charge in [-0.1, -0.05) is 16.8 Å². The molecule has 4 rings (SSSR count). The van der Waals surface area contributed by atoms with Crippen molar-refractivity contribution >= 4 is 27.3 Å². The summed E-state index contributed by atoms with van der Waals surface area (Å²) in [4.78, 5) is 14.5. The molecule has 0 N–H and O–H groups in total. The lowest BCUT2D eigenvalue weighted by atomic mass is 10.00. The van der Waals surface area contributed by atoms with E-state index in [9.17, 15) is 22.9 Å². The summed E-state index contributed by atoms with van der Waals surface area (Å²) in [5, 5.41) is 15.3. The Morgan fingerprint density at radius 1 is 1.23 bits per heavy atom.